The predicted octanol–water partition coefficient (Wildman–Crippen LogP) is 2.20. The lowest BCUT2D eigenvalue weighted by atomic mass is 10.2. The molecule has 0 fully saturated rings. The van der Waals surface area contributed by atoms with Gasteiger partial charge in [-0.2, -0.15) is 5.10 Å². The van der Waals surface area contributed by atoms with Crippen LogP contribution < -0.4 is 0 Å². The average molecular weight is 357 g/mol. The zero-order valence-corrected chi connectivity index (χ0v) is 14.1. The summed E-state index contributed by atoms with van der Waals surface area (Å²) in [5, 5.41) is 22.7. The zero-order valence-electron chi connectivity index (χ0n) is 14.1. The Morgan fingerprint density at radius 2 is 2.00 bits per heavy atom. The first-order valence-corrected chi connectivity index (χ1v) is 7.67. The molecule has 0 N–H and O–H groups in total. The minimum Gasteiger partial charge on any atom is -0.454 e. The maximum absolute atomic E-state index is 12.0. The topological polar surface area (TPSA) is 126 Å². The lowest BCUT2D eigenvalue weighted by Crippen LogP contribution is -2.15. The van der Waals surface area contributed by atoms with Crippen molar-refractivity contribution in [1.82, 2.24) is 20.0 Å². The van der Waals surface area contributed by atoms with Crippen LogP contribution in [0.4, 0.5) is 5.69 Å². The second-order valence-electron chi connectivity index (χ2n) is 5.46. The molecule has 3 aromatic rings. The maximum atomic E-state index is 12.0. The summed E-state index contributed by atoms with van der Waals surface area (Å²) >= 11 is 0. The van der Waals surface area contributed by atoms with Gasteiger partial charge >= 0.3 is 11.7 Å². The number of hydrogen-bond acceptors (Lipinski definition) is 8. The molecule has 26 heavy (non-hydrogen) atoms. The summed E-state index contributed by atoms with van der Waals surface area (Å²) in [4.78, 5) is 22.4. The zero-order chi connectivity index (χ0) is 18.7. The van der Waals surface area contributed by atoms with E-state index in [1.807, 2.05) is 30.3 Å². The molecule has 0 amide bonds. The van der Waals surface area contributed by atoms with Crippen molar-refractivity contribution in [3.8, 4) is 11.5 Å². The van der Waals surface area contributed by atoms with E-state index in [0.29, 0.717) is 5.89 Å². The van der Waals surface area contributed by atoms with Crippen LogP contribution in [-0.2, 0) is 22.7 Å². The number of esters is 1. The van der Waals surface area contributed by atoms with Gasteiger partial charge in [-0.15, -0.1) is 10.2 Å². The van der Waals surface area contributed by atoms with Crippen LogP contribution >= 0.6 is 0 Å². The van der Waals surface area contributed by atoms with Crippen molar-refractivity contribution in [1.29, 1.82) is 0 Å². The Balaban J connectivity index is 1.61. The highest BCUT2D eigenvalue weighted by Gasteiger charge is 2.23. The number of aromatic nitrogens is 4. The molecular formula is C16H15N5O5. The summed E-state index contributed by atoms with van der Waals surface area (Å²) in [7, 11) is 0. The quantitative estimate of drug-likeness (QED) is 0.373. The van der Waals surface area contributed by atoms with Crippen molar-refractivity contribution < 1.29 is 18.9 Å². The molecule has 0 atom stereocenters. The van der Waals surface area contributed by atoms with Crippen LogP contribution in [0.1, 0.15) is 17.3 Å². The van der Waals surface area contributed by atoms with Gasteiger partial charge in [0.2, 0.25) is 5.89 Å². The first-order chi connectivity index (χ1) is 12.5. The number of ether oxygens (including phenoxy) is 1. The Kier molecular flexibility index (Phi) is 4.74. The molecule has 0 aliphatic carbocycles. The molecule has 0 unspecified atom stereocenters. The monoisotopic (exact) mass is 357 g/mol. The molecular weight excluding hydrogens is 342 g/mol. The molecule has 0 radical (unpaired) electrons. The Hall–Kier alpha value is -3.56. The molecule has 0 spiro atoms. The molecule has 1 aromatic carbocycles. The number of aryl methyl sites for hydroxylation is 1. The largest absolute Gasteiger partial charge is 0.454 e. The second kappa shape index (κ2) is 7.13. The molecule has 3 rings (SSSR count). The number of carbonyl (C=O) groups excluding carboxylic acids is 1. The van der Waals surface area contributed by atoms with Crippen molar-refractivity contribution in [3.05, 3.63) is 57.7 Å². The third kappa shape index (κ3) is 3.58. The van der Waals surface area contributed by atoms with E-state index in [1.54, 1.807) is 0 Å². The van der Waals surface area contributed by atoms with Gasteiger partial charge in [-0.05, 0) is 26.0 Å². The Morgan fingerprint density at radius 1 is 1.27 bits per heavy atom. The van der Waals surface area contributed by atoms with Crippen LogP contribution in [0.25, 0.3) is 11.5 Å². The first-order valence-electron chi connectivity index (χ1n) is 7.67. The van der Waals surface area contributed by atoms with E-state index in [9.17, 15) is 14.9 Å². The van der Waals surface area contributed by atoms with E-state index < -0.39 is 10.9 Å². The number of benzene rings is 1. The van der Waals surface area contributed by atoms with E-state index in [1.165, 1.54) is 18.5 Å². The van der Waals surface area contributed by atoms with Gasteiger partial charge in [0.05, 0.1) is 4.92 Å². The normalized spacial score (nSPS) is 10.7. The first kappa shape index (κ1) is 17.3. The standard InChI is InChI=1S/C16H15N5O5/c1-10-15(21(23)24)11(2)20(19-10)8-14(22)25-9-13-17-18-16(26-13)12-6-4-3-5-7-12/h3-7H,8-9H2,1-2H3. The summed E-state index contributed by atoms with van der Waals surface area (Å²) in [5.41, 5.74) is 1.17. The van der Waals surface area contributed by atoms with Gasteiger partial charge in [0.1, 0.15) is 17.9 Å². The fourth-order valence-electron chi connectivity index (χ4n) is 2.43. The number of rotatable bonds is 6. The third-order valence-electron chi connectivity index (χ3n) is 3.65. The van der Waals surface area contributed by atoms with Gasteiger partial charge in [-0.25, -0.2) is 0 Å². The van der Waals surface area contributed by atoms with E-state index in [2.05, 4.69) is 15.3 Å². The van der Waals surface area contributed by atoms with Gasteiger partial charge in [0, 0.05) is 5.56 Å². The van der Waals surface area contributed by atoms with E-state index in [4.69, 9.17) is 9.15 Å². The fourth-order valence-corrected chi connectivity index (χ4v) is 2.43. The fraction of sp³-hybridized carbons (Fsp3) is 0.250. The lowest BCUT2D eigenvalue weighted by molar-refractivity contribution is -0.386. The number of nitro groups is 1. The summed E-state index contributed by atoms with van der Waals surface area (Å²) < 4.78 is 11.8. The van der Waals surface area contributed by atoms with E-state index in [-0.39, 0.29) is 36.1 Å². The maximum Gasteiger partial charge on any atom is 0.328 e. The molecule has 2 aromatic heterocycles. The summed E-state index contributed by atoms with van der Waals surface area (Å²) in [5.74, 6) is -0.146. The Bertz CT molecular complexity index is 947. The van der Waals surface area contributed by atoms with Crippen LogP contribution in [0, 0.1) is 24.0 Å². The van der Waals surface area contributed by atoms with Gasteiger partial charge < -0.3 is 9.15 Å². The average Bonchev–Trinajstić information content (AvgIpc) is 3.19. The molecule has 0 bridgehead atoms. The third-order valence-corrected chi connectivity index (χ3v) is 3.65. The summed E-state index contributed by atoms with van der Waals surface area (Å²) in [6, 6.07) is 9.18. The van der Waals surface area contributed by atoms with Crippen LogP contribution in [0.15, 0.2) is 34.7 Å². The van der Waals surface area contributed by atoms with Gasteiger partial charge in [0.15, 0.2) is 6.61 Å². The highest BCUT2D eigenvalue weighted by Crippen LogP contribution is 2.22. The Labute approximate surface area is 147 Å². The van der Waals surface area contributed by atoms with E-state index >= 15 is 0 Å². The highest BCUT2D eigenvalue weighted by atomic mass is 16.6. The van der Waals surface area contributed by atoms with Gasteiger partial charge in [0.25, 0.3) is 5.89 Å². The van der Waals surface area contributed by atoms with Crippen LogP contribution in [-0.4, -0.2) is 30.9 Å². The van der Waals surface area contributed by atoms with Gasteiger partial charge in [-0.1, -0.05) is 18.2 Å². The van der Waals surface area contributed by atoms with Crippen molar-refractivity contribution >= 4 is 11.7 Å². The number of nitrogens with zero attached hydrogens (tertiary/aromatic N) is 5. The van der Waals surface area contributed by atoms with Crippen LogP contribution in [0.3, 0.4) is 0 Å². The SMILES string of the molecule is Cc1nn(CC(=O)OCc2nnc(-c3ccccc3)o2)c(C)c1[N+](=O)[O-]. The molecule has 2 heterocycles. The molecule has 10 heteroatoms. The molecule has 0 aliphatic heterocycles. The van der Waals surface area contributed by atoms with Crippen molar-refractivity contribution in [2.45, 2.75) is 27.0 Å². The smallest absolute Gasteiger partial charge is 0.328 e. The van der Waals surface area contributed by atoms with Crippen molar-refractivity contribution in [2.24, 2.45) is 0 Å². The lowest BCUT2D eigenvalue weighted by Gasteiger charge is -2.03. The molecule has 0 saturated heterocycles. The minimum atomic E-state index is -0.620. The number of carbonyl (C=O) groups is 1. The number of hydrogen-bond donors (Lipinski definition) is 0. The summed E-state index contributed by atoms with van der Waals surface area (Å²) in [6.07, 6.45) is 0. The highest BCUT2D eigenvalue weighted by molar-refractivity contribution is 5.69. The van der Waals surface area contributed by atoms with Crippen LogP contribution in [0.2, 0.25) is 0 Å². The van der Waals surface area contributed by atoms with E-state index in [0.717, 1.165) is 5.56 Å². The Morgan fingerprint density at radius 3 is 2.65 bits per heavy atom. The van der Waals surface area contributed by atoms with Crippen LogP contribution in [0.5, 0.6) is 0 Å². The second-order valence-corrected chi connectivity index (χ2v) is 5.46. The molecule has 134 valence electrons. The minimum absolute atomic E-state index is 0.109. The predicted molar refractivity (Wildman–Crippen MR) is 87.9 cm³/mol. The molecule has 10 nitrogen and oxygen atoms in total. The van der Waals surface area contributed by atoms with Gasteiger partial charge in [-0.3, -0.25) is 19.6 Å². The molecule has 0 aliphatic rings. The van der Waals surface area contributed by atoms with Crippen molar-refractivity contribution in [3.63, 3.8) is 0 Å². The van der Waals surface area contributed by atoms with Crippen molar-refractivity contribution in [2.75, 3.05) is 0 Å². The molecule has 0 saturated carbocycles. The summed E-state index contributed by atoms with van der Waals surface area (Å²) in [6.45, 7) is 2.59.